The van der Waals surface area contributed by atoms with Gasteiger partial charge < -0.3 is 14.8 Å². The van der Waals surface area contributed by atoms with E-state index in [2.05, 4.69) is 5.32 Å². The number of nitrogens with zero attached hydrogens (tertiary/aromatic N) is 2. The van der Waals surface area contributed by atoms with Gasteiger partial charge in [-0.3, -0.25) is 9.48 Å². The average molecular weight is 458 g/mol. The van der Waals surface area contributed by atoms with E-state index >= 15 is 0 Å². The molecule has 1 saturated heterocycles. The third-order valence-electron chi connectivity index (χ3n) is 6.66. The number of amides is 1. The van der Waals surface area contributed by atoms with Gasteiger partial charge in [0.15, 0.2) is 0 Å². The molecular weight excluding hydrogens is 425 g/mol. The Kier molecular flexibility index (Phi) is 6.56. The van der Waals surface area contributed by atoms with Crippen LogP contribution in [0, 0.1) is 16.6 Å². The summed E-state index contributed by atoms with van der Waals surface area (Å²) in [5, 5.41) is 7.93. The molecule has 1 fully saturated rings. The Balaban J connectivity index is 1.54. The molecule has 0 bridgehead atoms. The van der Waals surface area contributed by atoms with Gasteiger partial charge >= 0.3 is 5.97 Å². The van der Waals surface area contributed by atoms with E-state index in [9.17, 15) is 14.0 Å². The van der Waals surface area contributed by atoms with Gasteiger partial charge in [-0.1, -0.05) is 20.8 Å². The molecule has 2 aliphatic heterocycles. The van der Waals surface area contributed by atoms with E-state index in [-0.39, 0.29) is 17.9 Å². The van der Waals surface area contributed by atoms with E-state index in [1.807, 2.05) is 25.5 Å². The number of benzene rings is 1. The van der Waals surface area contributed by atoms with Crippen LogP contribution in [0.5, 0.6) is 0 Å². The molecule has 33 heavy (non-hydrogen) atoms. The molecule has 0 atom stereocenters. The van der Waals surface area contributed by atoms with Crippen LogP contribution in [-0.2, 0) is 28.9 Å². The van der Waals surface area contributed by atoms with Crippen LogP contribution in [0.2, 0.25) is 0 Å². The number of halogens is 1. The van der Waals surface area contributed by atoms with Crippen molar-refractivity contribution >= 4 is 11.9 Å². The molecule has 8 heteroatoms. The van der Waals surface area contributed by atoms with Crippen LogP contribution in [0.25, 0.3) is 0 Å². The average Bonchev–Trinajstić information content (AvgIpc) is 3.05. The number of hydrogen-bond donors (Lipinski definition) is 1. The highest BCUT2D eigenvalue weighted by Crippen LogP contribution is 2.38. The Hall–Kier alpha value is -2.74. The lowest BCUT2D eigenvalue weighted by Crippen LogP contribution is -2.41. The number of aromatic nitrogens is 2. The maximum absolute atomic E-state index is 13.1. The number of aryl methyl sites for hydroxylation is 1. The van der Waals surface area contributed by atoms with Crippen LogP contribution in [0.1, 0.15) is 65.7 Å². The second kappa shape index (κ2) is 9.25. The van der Waals surface area contributed by atoms with Crippen molar-refractivity contribution in [1.29, 1.82) is 0 Å². The minimum absolute atomic E-state index is 0.0266. The summed E-state index contributed by atoms with van der Waals surface area (Å²) >= 11 is 0. The summed E-state index contributed by atoms with van der Waals surface area (Å²) in [7, 11) is 0. The number of nitrogens with one attached hydrogen (secondary N) is 1. The molecule has 0 radical (unpaired) electrons. The fourth-order valence-corrected chi connectivity index (χ4v) is 4.68. The Morgan fingerprint density at radius 2 is 1.97 bits per heavy atom. The number of rotatable bonds is 6. The molecule has 1 aromatic carbocycles. The van der Waals surface area contributed by atoms with Crippen LogP contribution in [0.4, 0.5) is 4.39 Å². The quantitative estimate of drug-likeness (QED) is 0.671. The molecule has 1 spiro atoms. The highest BCUT2D eigenvalue weighted by atomic mass is 19.1. The molecular formula is C25H32FN3O4. The number of esters is 1. The minimum Gasteiger partial charge on any atom is -0.461 e. The van der Waals surface area contributed by atoms with Crippen molar-refractivity contribution in [2.45, 2.75) is 53.0 Å². The topological polar surface area (TPSA) is 82.5 Å². The van der Waals surface area contributed by atoms with Gasteiger partial charge in [0, 0.05) is 31.7 Å². The predicted octanol–water partition coefficient (Wildman–Crippen LogP) is 3.55. The highest BCUT2D eigenvalue weighted by Gasteiger charge is 2.40. The van der Waals surface area contributed by atoms with Crippen molar-refractivity contribution in [2.75, 3.05) is 26.4 Å². The third-order valence-corrected chi connectivity index (χ3v) is 6.66. The predicted molar refractivity (Wildman–Crippen MR) is 121 cm³/mol. The van der Waals surface area contributed by atoms with Crippen molar-refractivity contribution in [3.63, 3.8) is 0 Å². The summed E-state index contributed by atoms with van der Waals surface area (Å²) in [5.41, 5.74) is 2.31. The molecule has 0 saturated carbocycles. The molecule has 1 N–H and O–H groups in total. The number of carbonyl (C=O) groups is 2. The van der Waals surface area contributed by atoms with Crippen LogP contribution in [0.15, 0.2) is 24.3 Å². The van der Waals surface area contributed by atoms with Gasteiger partial charge in [0.2, 0.25) is 0 Å². The maximum atomic E-state index is 13.1. The van der Waals surface area contributed by atoms with Crippen LogP contribution < -0.4 is 5.32 Å². The van der Waals surface area contributed by atoms with Crippen LogP contribution in [0.3, 0.4) is 0 Å². The monoisotopic (exact) mass is 457 g/mol. The molecule has 2 aliphatic rings. The summed E-state index contributed by atoms with van der Waals surface area (Å²) in [6, 6.07) is 5.31. The fourth-order valence-electron chi connectivity index (χ4n) is 4.68. The van der Waals surface area contributed by atoms with E-state index in [0.29, 0.717) is 43.9 Å². The van der Waals surface area contributed by atoms with Gasteiger partial charge in [0.05, 0.1) is 29.1 Å². The van der Waals surface area contributed by atoms with Crippen molar-refractivity contribution in [3.05, 3.63) is 52.6 Å². The largest absolute Gasteiger partial charge is 0.461 e. The first-order chi connectivity index (χ1) is 15.7. The Labute approximate surface area is 193 Å². The second-order valence-electron chi connectivity index (χ2n) is 10.00. The zero-order valence-corrected chi connectivity index (χ0v) is 19.6. The summed E-state index contributed by atoms with van der Waals surface area (Å²) in [6.07, 6.45) is 3.23. The molecule has 178 valence electrons. The van der Waals surface area contributed by atoms with Gasteiger partial charge in [-0.15, -0.1) is 0 Å². The van der Waals surface area contributed by atoms with Gasteiger partial charge in [-0.2, -0.15) is 5.10 Å². The molecule has 0 aliphatic carbocycles. The number of ether oxygens (including phenoxy) is 2. The lowest BCUT2D eigenvalue weighted by atomic mass is 9.76. The number of fused-ring (bicyclic) bond motifs is 1. The number of hydrogen-bond acceptors (Lipinski definition) is 5. The van der Waals surface area contributed by atoms with Crippen LogP contribution >= 0.6 is 0 Å². The van der Waals surface area contributed by atoms with E-state index in [1.54, 1.807) is 0 Å². The molecule has 4 rings (SSSR count). The lowest BCUT2D eigenvalue weighted by molar-refractivity contribution is 0.0145. The molecule has 1 aromatic heterocycles. The first-order valence-electron chi connectivity index (χ1n) is 11.6. The van der Waals surface area contributed by atoms with Crippen molar-refractivity contribution in [2.24, 2.45) is 10.8 Å². The molecule has 1 amide bonds. The van der Waals surface area contributed by atoms with E-state index in [0.717, 1.165) is 30.7 Å². The fraction of sp³-hybridized carbons (Fsp3) is 0.560. The molecule has 3 heterocycles. The summed E-state index contributed by atoms with van der Waals surface area (Å²) in [5.74, 6) is -0.946. The summed E-state index contributed by atoms with van der Waals surface area (Å²) in [6.45, 7) is 8.74. The van der Waals surface area contributed by atoms with Crippen molar-refractivity contribution < 1.29 is 23.5 Å². The van der Waals surface area contributed by atoms with Gasteiger partial charge in [-0.05, 0) is 55.4 Å². The number of carbonyl (C=O) groups excluding carboxylic acids is 2. The third kappa shape index (κ3) is 5.11. The lowest BCUT2D eigenvalue weighted by Gasteiger charge is -2.36. The first kappa shape index (κ1) is 23.4. The smallest absolute Gasteiger partial charge is 0.338 e. The second-order valence-corrected chi connectivity index (χ2v) is 10.00. The summed E-state index contributed by atoms with van der Waals surface area (Å²) in [4.78, 5) is 25.4. The zero-order valence-electron chi connectivity index (χ0n) is 19.6. The van der Waals surface area contributed by atoms with Gasteiger partial charge in [0.25, 0.3) is 5.91 Å². The Morgan fingerprint density at radius 1 is 1.27 bits per heavy atom. The molecule has 7 nitrogen and oxygen atoms in total. The van der Waals surface area contributed by atoms with Gasteiger partial charge in [0.1, 0.15) is 5.82 Å². The normalized spacial score (nSPS) is 17.9. The minimum atomic E-state index is -0.489. The Morgan fingerprint density at radius 3 is 2.64 bits per heavy atom. The molecule has 0 unspecified atom stereocenters. The maximum Gasteiger partial charge on any atom is 0.338 e. The zero-order chi connectivity index (χ0) is 23.6. The Bertz CT molecular complexity index is 1020. The van der Waals surface area contributed by atoms with Crippen molar-refractivity contribution in [1.82, 2.24) is 15.1 Å². The van der Waals surface area contributed by atoms with E-state index in [1.165, 1.54) is 24.3 Å². The SMILES string of the molecule is CCc1nn(CC(C)(C)COC(=O)c2ccc(F)cc2)c2c1C(=O)NCC1(CCOCC1)C2. The standard InChI is InChI=1S/C25H32FN3O4/c1-4-19-21-20(13-25(14-27-22(21)30)9-11-32-12-10-25)29(28-19)15-24(2,3)16-33-23(31)17-5-7-18(26)8-6-17/h5-8H,4,9-16H2,1-3H3,(H,27,30). The van der Waals surface area contributed by atoms with Crippen molar-refractivity contribution in [3.8, 4) is 0 Å². The highest BCUT2D eigenvalue weighted by molar-refractivity contribution is 5.97. The van der Waals surface area contributed by atoms with Crippen LogP contribution in [-0.4, -0.2) is 48.0 Å². The summed E-state index contributed by atoms with van der Waals surface area (Å²) < 4.78 is 26.2. The first-order valence-corrected chi connectivity index (χ1v) is 11.6. The molecule has 2 aromatic rings. The van der Waals surface area contributed by atoms with E-state index < -0.39 is 17.2 Å². The van der Waals surface area contributed by atoms with Gasteiger partial charge in [-0.25, -0.2) is 9.18 Å². The van der Waals surface area contributed by atoms with E-state index in [4.69, 9.17) is 14.6 Å².